The Labute approximate surface area is 216 Å². The van der Waals surface area contributed by atoms with Gasteiger partial charge < -0.3 is 10.1 Å². The van der Waals surface area contributed by atoms with Gasteiger partial charge >= 0.3 is 6.36 Å². The van der Waals surface area contributed by atoms with E-state index >= 15 is 4.39 Å². The fraction of sp³-hybridized carbons (Fsp3) is 0.478. The van der Waals surface area contributed by atoms with Gasteiger partial charge in [-0.25, -0.2) is 27.5 Å². The lowest BCUT2D eigenvalue weighted by Crippen LogP contribution is -2.60. The van der Waals surface area contributed by atoms with Crippen LogP contribution in [-0.4, -0.2) is 45.7 Å². The van der Waals surface area contributed by atoms with Crippen LogP contribution in [0.1, 0.15) is 31.7 Å². The fourth-order valence-electron chi connectivity index (χ4n) is 5.15. The molecule has 2 unspecified atom stereocenters. The summed E-state index contributed by atoms with van der Waals surface area (Å²) in [6.07, 6.45) is -2.26. The van der Waals surface area contributed by atoms with Crippen LogP contribution in [0.2, 0.25) is 0 Å². The number of nitrogens with zero attached hydrogens (tertiary/aromatic N) is 3. The summed E-state index contributed by atoms with van der Waals surface area (Å²) in [4.78, 5) is 34.7. The van der Waals surface area contributed by atoms with E-state index < -0.39 is 76.8 Å². The first-order valence-corrected chi connectivity index (χ1v) is 11.7. The molecule has 5 atom stereocenters. The van der Waals surface area contributed by atoms with Crippen molar-refractivity contribution < 1.29 is 45.1 Å². The summed E-state index contributed by atoms with van der Waals surface area (Å²) in [6.45, 7) is 1.10. The number of fused-ring (bicyclic) bond motifs is 2. The first-order chi connectivity index (χ1) is 17.6. The Kier molecular flexibility index (Phi) is 7.23. The maximum Gasteiger partial charge on any atom is 0.573 e. The summed E-state index contributed by atoms with van der Waals surface area (Å²) in [5.41, 5.74) is -6.09. The Morgan fingerprint density at radius 3 is 2.37 bits per heavy atom. The molecule has 206 valence electrons. The molecule has 2 saturated carbocycles. The maximum atomic E-state index is 15.2. The lowest BCUT2D eigenvalue weighted by atomic mass is 9.87. The highest BCUT2D eigenvalue weighted by atomic mass is 35.5. The highest BCUT2D eigenvalue weighted by molar-refractivity contribution is 6.32. The Bertz CT molecular complexity index is 1220. The minimum atomic E-state index is -5.16. The molecule has 2 bridgehead atoms. The van der Waals surface area contributed by atoms with Gasteiger partial charge in [-0.2, -0.15) is 0 Å². The molecule has 1 N–H and O–H groups in total. The van der Waals surface area contributed by atoms with E-state index in [9.17, 15) is 35.9 Å². The largest absolute Gasteiger partial charge is 0.573 e. The monoisotopic (exact) mass is 568 g/mol. The molecule has 2 aromatic rings. The van der Waals surface area contributed by atoms with Gasteiger partial charge in [-0.15, -0.1) is 13.2 Å². The molecule has 2 aliphatic carbocycles. The number of hydrogen-bond donors (Lipinski definition) is 1. The number of hydrogen-bond acceptors (Lipinski definition) is 5. The van der Waals surface area contributed by atoms with Crippen molar-refractivity contribution in [2.45, 2.75) is 55.7 Å². The predicted molar refractivity (Wildman–Crippen MR) is 118 cm³/mol. The zero-order valence-corrected chi connectivity index (χ0v) is 20.2. The average Bonchev–Trinajstić information content (AvgIpc) is 3.35. The molecule has 15 heteroatoms. The van der Waals surface area contributed by atoms with Crippen molar-refractivity contribution in [3.05, 3.63) is 48.3 Å². The van der Waals surface area contributed by atoms with Crippen LogP contribution in [0.4, 0.5) is 36.4 Å². The Morgan fingerprint density at radius 2 is 1.87 bits per heavy atom. The van der Waals surface area contributed by atoms with Gasteiger partial charge in [0, 0.05) is 42.4 Å². The number of halogens is 8. The quantitative estimate of drug-likeness (QED) is 0.381. The Hall–Kier alpha value is -3.16. The zero-order chi connectivity index (χ0) is 28.0. The van der Waals surface area contributed by atoms with Crippen molar-refractivity contribution in [3.8, 4) is 5.75 Å². The van der Waals surface area contributed by atoms with E-state index in [0.29, 0.717) is 23.1 Å². The van der Waals surface area contributed by atoms with Gasteiger partial charge in [0.25, 0.3) is 23.4 Å². The van der Waals surface area contributed by atoms with E-state index in [0.717, 1.165) is 25.6 Å². The van der Waals surface area contributed by atoms with Crippen molar-refractivity contribution >= 4 is 29.1 Å². The molecule has 0 radical (unpaired) electrons. The SMILES string of the molecule is C[C@@](C(=O)N[C@H]1CC2CC1CC2(F)F)(c1cncnc1)N(C(=O)[C@H](F)Cl)c1ccc(OC(F)(F)F)cc1F. The summed E-state index contributed by atoms with van der Waals surface area (Å²) in [7, 11) is 0. The van der Waals surface area contributed by atoms with E-state index in [1.54, 1.807) is 0 Å². The van der Waals surface area contributed by atoms with Crippen LogP contribution in [0.3, 0.4) is 0 Å². The van der Waals surface area contributed by atoms with Crippen molar-refractivity contribution in [2.24, 2.45) is 11.8 Å². The lowest BCUT2D eigenvalue weighted by Gasteiger charge is -2.41. The number of anilines is 1. The van der Waals surface area contributed by atoms with Gasteiger partial charge in [0.05, 0.1) is 5.69 Å². The zero-order valence-electron chi connectivity index (χ0n) is 19.5. The van der Waals surface area contributed by atoms with Crippen molar-refractivity contribution in [3.63, 3.8) is 0 Å². The molecule has 38 heavy (non-hydrogen) atoms. The van der Waals surface area contributed by atoms with Gasteiger partial charge in [-0.1, -0.05) is 11.6 Å². The predicted octanol–water partition coefficient (Wildman–Crippen LogP) is 4.85. The number of carbonyl (C=O) groups is 2. The minimum absolute atomic E-state index is 0.0577. The number of rotatable bonds is 7. The van der Waals surface area contributed by atoms with Crippen molar-refractivity contribution in [1.29, 1.82) is 0 Å². The lowest BCUT2D eigenvalue weighted by molar-refractivity contribution is -0.274. The molecule has 0 saturated heterocycles. The minimum Gasteiger partial charge on any atom is -0.406 e. The van der Waals surface area contributed by atoms with Crippen LogP contribution in [0.15, 0.2) is 36.9 Å². The van der Waals surface area contributed by atoms with Crippen LogP contribution in [0.5, 0.6) is 5.75 Å². The summed E-state index contributed by atoms with van der Waals surface area (Å²) in [6, 6.07) is 0.909. The molecule has 2 fully saturated rings. The van der Waals surface area contributed by atoms with Gasteiger partial charge in [-0.3, -0.25) is 14.5 Å². The number of ether oxygens (including phenoxy) is 1. The first-order valence-electron chi connectivity index (χ1n) is 11.2. The maximum absolute atomic E-state index is 15.2. The van der Waals surface area contributed by atoms with Crippen molar-refractivity contribution in [1.82, 2.24) is 15.3 Å². The molecule has 1 heterocycles. The number of carbonyl (C=O) groups excluding carboxylic acids is 2. The van der Waals surface area contributed by atoms with Crippen LogP contribution >= 0.6 is 11.6 Å². The Balaban J connectivity index is 1.77. The molecule has 7 nitrogen and oxygen atoms in total. The topological polar surface area (TPSA) is 84.4 Å². The standard InChI is InChI=1S/C23H20ClF7N4O3/c1-21(13-8-32-10-33-9-13,20(37)34-16-5-12-4-11(16)7-22(12,27)28)35(19(36)18(24)26)17-3-2-14(6-15(17)25)38-23(29,30)31/h2-3,6,8-12,16,18H,4-5,7H2,1H3,(H,34,37)/t11?,12?,16-,18-,21-/m0/s1. The van der Waals surface area contributed by atoms with Gasteiger partial charge in [0.15, 0.2) is 11.4 Å². The number of aromatic nitrogens is 2. The van der Waals surface area contributed by atoms with E-state index in [2.05, 4.69) is 20.0 Å². The molecule has 2 amide bonds. The second-order valence-electron chi connectivity index (χ2n) is 9.31. The third-order valence-electron chi connectivity index (χ3n) is 6.96. The third-order valence-corrected chi connectivity index (χ3v) is 7.14. The Morgan fingerprint density at radius 1 is 1.21 bits per heavy atom. The molecule has 0 spiro atoms. The highest BCUT2D eigenvalue weighted by Crippen LogP contribution is 2.54. The summed E-state index contributed by atoms with van der Waals surface area (Å²) < 4.78 is 98.9. The normalized spacial score (nSPS) is 24.4. The van der Waals surface area contributed by atoms with Crippen molar-refractivity contribution in [2.75, 3.05) is 4.90 Å². The van der Waals surface area contributed by atoms with Crippen LogP contribution < -0.4 is 15.0 Å². The fourth-order valence-corrected chi connectivity index (χ4v) is 5.25. The number of amides is 2. The van der Waals surface area contributed by atoms with E-state index in [1.807, 2.05) is 0 Å². The second-order valence-corrected chi connectivity index (χ2v) is 9.69. The molecule has 2 aliphatic rings. The van der Waals surface area contributed by atoms with E-state index in [1.165, 1.54) is 0 Å². The average molecular weight is 569 g/mol. The third kappa shape index (κ3) is 5.22. The summed E-state index contributed by atoms with van der Waals surface area (Å²) >= 11 is 5.39. The molecular formula is C23H20ClF7N4O3. The van der Waals surface area contributed by atoms with Gasteiger partial charge in [0.1, 0.15) is 12.1 Å². The summed E-state index contributed by atoms with van der Waals surface area (Å²) in [5.74, 6) is -9.52. The van der Waals surface area contributed by atoms with E-state index in [4.69, 9.17) is 11.6 Å². The van der Waals surface area contributed by atoms with E-state index in [-0.39, 0.29) is 18.4 Å². The number of alkyl halides is 7. The molecule has 0 aliphatic heterocycles. The van der Waals surface area contributed by atoms with Crippen LogP contribution in [0.25, 0.3) is 0 Å². The number of nitrogens with one attached hydrogen (secondary N) is 1. The van der Waals surface area contributed by atoms with Crippen LogP contribution in [0, 0.1) is 17.7 Å². The number of benzene rings is 1. The van der Waals surface area contributed by atoms with Gasteiger partial charge in [-0.05, 0) is 37.8 Å². The molecule has 4 rings (SSSR count). The molecular weight excluding hydrogens is 549 g/mol. The molecule has 1 aromatic carbocycles. The molecule has 1 aromatic heterocycles. The second kappa shape index (κ2) is 9.86. The van der Waals surface area contributed by atoms with Crippen LogP contribution in [-0.2, 0) is 15.1 Å². The van der Waals surface area contributed by atoms with Gasteiger partial charge in [0.2, 0.25) is 0 Å². The first kappa shape index (κ1) is 27.9. The smallest absolute Gasteiger partial charge is 0.406 e. The highest BCUT2D eigenvalue weighted by Gasteiger charge is 2.58. The summed E-state index contributed by atoms with van der Waals surface area (Å²) in [5, 5.41) is 2.61.